The van der Waals surface area contributed by atoms with E-state index >= 15 is 0 Å². The molecule has 0 aliphatic carbocycles. The highest BCUT2D eigenvalue weighted by atomic mass is 31.2. The molecule has 24 heavy (non-hydrogen) atoms. The number of carbonyl (C=O) groups is 1. The monoisotopic (exact) mass is 342 g/mol. The highest BCUT2D eigenvalue weighted by molar-refractivity contribution is 7.64. The van der Waals surface area contributed by atoms with Gasteiger partial charge in [-0.3, -0.25) is 4.79 Å². The summed E-state index contributed by atoms with van der Waals surface area (Å²) in [5.41, 5.74) is 1.57. The van der Waals surface area contributed by atoms with Crippen molar-refractivity contribution < 1.29 is 9.36 Å². The lowest BCUT2D eigenvalue weighted by Crippen LogP contribution is -2.12. The van der Waals surface area contributed by atoms with Gasteiger partial charge in [-0.2, -0.15) is 0 Å². The zero-order valence-corrected chi connectivity index (χ0v) is 15.5. The van der Waals surface area contributed by atoms with Crippen molar-refractivity contribution in [3.63, 3.8) is 0 Å². The first-order valence-electron chi connectivity index (χ1n) is 8.81. The van der Waals surface area contributed by atoms with Crippen molar-refractivity contribution in [2.24, 2.45) is 0 Å². The normalized spacial score (nSPS) is 12.8. The third-order valence-electron chi connectivity index (χ3n) is 4.43. The van der Waals surface area contributed by atoms with E-state index in [-0.39, 0.29) is 11.4 Å². The van der Waals surface area contributed by atoms with Gasteiger partial charge < -0.3 is 4.57 Å². The molecule has 0 saturated carbocycles. The first kappa shape index (κ1) is 18.7. The molecule has 0 aliphatic heterocycles. The smallest absolute Gasteiger partial charge is 0.163 e. The Hall–Kier alpha value is -1.66. The van der Waals surface area contributed by atoms with Crippen molar-refractivity contribution in [3.8, 4) is 0 Å². The van der Waals surface area contributed by atoms with E-state index in [1.807, 2.05) is 60.7 Å². The van der Waals surface area contributed by atoms with Crippen LogP contribution in [0.3, 0.4) is 0 Å². The van der Waals surface area contributed by atoms with Gasteiger partial charge in [0.1, 0.15) is 0 Å². The molecule has 2 aromatic carbocycles. The summed E-state index contributed by atoms with van der Waals surface area (Å²) in [7, 11) is -2.45. The lowest BCUT2D eigenvalue weighted by atomic mass is 10.0. The summed E-state index contributed by atoms with van der Waals surface area (Å²) in [5, 5.41) is 0. The Labute approximate surface area is 145 Å². The van der Waals surface area contributed by atoms with Crippen molar-refractivity contribution in [2.45, 2.75) is 38.8 Å². The van der Waals surface area contributed by atoms with E-state index in [4.69, 9.17) is 0 Å². The molecule has 1 atom stereocenters. The molecule has 128 valence electrons. The molecule has 0 N–H and O–H groups in total. The van der Waals surface area contributed by atoms with Gasteiger partial charge in [-0.15, -0.1) is 0 Å². The van der Waals surface area contributed by atoms with Gasteiger partial charge in [0.05, 0.1) is 7.14 Å². The van der Waals surface area contributed by atoms with Crippen LogP contribution < -0.4 is 0 Å². The molecule has 0 amide bonds. The second kappa shape index (κ2) is 8.99. The molecule has 3 heteroatoms. The van der Waals surface area contributed by atoms with Crippen LogP contribution in [-0.4, -0.2) is 18.1 Å². The van der Waals surface area contributed by atoms with Crippen LogP contribution in [0.2, 0.25) is 0 Å². The van der Waals surface area contributed by atoms with Crippen LogP contribution in [0.4, 0.5) is 0 Å². The van der Waals surface area contributed by atoms with E-state index < -0.39 is 7.14 Å². The standard InChI is InChI=1S/C21H27O2P/c1-3-15-24(23,16-4-2)21(19-13-9-6-10-14-19)17-20(22)18-11-7-5-8-12-18/h5-14,21H,3-4,15-17H2,1-2H3/t21-/m0/s1. The summed E-state index contributed by atoms with van der Waals surface area (Å²) in [5.74, 6) is 0.0804. The number of rotatable bonds is 9. The second-order valence-corrected chi connectivity index (χ2v) is 9.74. The molecular formula is C21H27O2P. The predicted molar refractivity (Wildman–Crippen MR) is 102 cm³/mol. The Morgan fingerprint density at radius 1 is 0.875 bits per heavy atom. The van der Waals surface area contributed by atoms with Crippen LogP contribution in [0.1, 0.15) is 54.7 Å². The lowest BCUT2D eigenvalue weighted by molar-refractivity contribution is 0.0980. The first-order valence-corrected chi connectivity index (χ1v) is 11.0. The number of hydrogen-bond acceptors (Lipinski definition) is 2. The lowest BCUT2D eigenvalue weighted by Gasteiger charge is -2.28. The first-order chi connectivity index (χ1) is 11.6. The second-order valence-electron chi connectivity index (χ2n) is 6.32. The van der Waals surface area contributed by atoms with Crippen LogP contribution in [-0.2, 0) is 4.57 Å². The predicted octanol–water partition coefficient (Wildman–Crippen LogP) is 6.18. The molecule has 0 aliphatic rings. The van der Waals surface area contributed by atoms with Crippen LogP contribution >= 0.6 is 7.14 Å². The van der Waals surface area contributed by atoms with Gasteiger partial charge in [-0.05, 0) is 18.4 Å². The van der Waals surface area contributed by atoms with Crippen molar-refractivity contribution in [2.75, 3.05) is 12.3 Å². The summed E-state index contributed by atoms with van der Waals surface area (Å²) in [4.78, 5) is 12.8. The molecule has 2 aromatic rings. The van der Waals surface area contributed by atoms with E-state index in [1.165, 1.54) is 0 Å². The minimum Gasteiger partial charge on any atom is -0.323 e. The fourth-order valence-corrected chi connectivity index (χ4v) is 6.90. The molecule has 0 heterocycles. The number of carbonyl (C=O) groups excluding carboxylic acids is 1. The molecule has 0 unspecified atom stereocenters. The Morgan fingerprint density at radius 2 is 1.38 bits per heavy atom. The van der Waals surface area contributed by atoms with E-state index in [1.54, 1.807) is 0 Å². The molecule has 0 fully saturated rings. The fourth-order valence-electron chi connectivity index (χ4n) is 3.33. The summed E-state index contributed by atoms with van der Waals surface area (Å²) in [6.45, 7) is 4.15. The fraction of sp³-hybridized carbons (Fsp3) is 0.381. The number of hydrogen-bond donors (Lipinski definition) is 0. The SMILES string of the molecule is CCCP(=O)(CCC)[C@@H](CC(=O)c1ccccc1)c1ccccc1. The van der Waals surface area contributed by atoms with E-state index in [2.05, 4.69) is 13.8 Å². The van der Waals surface area contributed by atoms with Crippen LogP contribution in [0.5, 0.6) is 0 Å². The third kappa shape index (κ3) is 4.68. The quantitative estimate of drug-likeness (QED) is 0.402. The van der Waals surface area contributed by atoms with E-state index in [0.717, 1.165) is 18.4 Å². The molecule has 0 saturated heterocycles. The Morgan fingerprint density at radius 3 is 1.88 bits per heavy atom. The molecule has 0 bridgehead atoms. The van der Waals surface area contributed by atoms with Gasteiger partial charge in [-0.1, -0.05) is 74.5 Å². The Kier molecular flexibility index (Phi) is 6.99. The van der Waals surface area contributed by atoms with Gasteiger partial charge >= 0.3 is 0 Å². The third-order valence-corrected chi connectivity index (χ3v) is 8.46. The summed E-state index contributed by atoms with van der Waals surface area (Å²) >= 11 is 0. The van der Waals surface area contributed by atoms with E-state index in [9.17, 15) is 9.36 Å². The van der Waals surface area contributed by atoms with Crippen molar-refractivity contribution >= 4 is 12.9 Å². The van der Waals surface area contributed by atoms with Gasteiger partial charge in [-0.25, -0.2) is 0 Å². The highest BCUT2D eigenvalue weighted by Gasteiger charge is 2.34. The number of Topliss-reactive ketones (excluding diaryl/α,β-unsaturated/α-hetero) is 1. The zero-order valence-electron chi connectivity index (χ0n) is 14.7. The minimum absolute atomic E-state index is 0.0804. The largest absolute Gasteiger partial charge is 0.323 e. The van der Waals surface area contributed by atoms with Crippen LogP contribution in [0.15, 0.2) is 60.7 Å². The average molecular weight is 342 g/mol. The van der Waals surface area contributed by atoms with Crippen molar-refractivity contribution in [1.29, 1.82) is 0 Å². The van der Waals surface area contributed by atoms with Gasteiger partial charge in [0.2, 0.25) is 0 Å². The van der Waals surface area contributed by atoms with Gasteiger partial charge in [0.25, 0.3) is 0 Å². The van der Waals surface area contributed by atoms with Crippen LogP contribution in [0, 0.1) is 0 Å². The van der Waals surface area contributed by atoms with Crippen molar-refractivity contribution in [3.05, 3.63) is 71.8 Å². The average Bonchev–Trinajstić information content (AvgIpc) is 2.61. The van der Waals surface area contributed by atoms with Gasteiger partial charge in [0.15, 0.2) is 5.78 Å². The Balaban J connectivity index is 2.36. The molecule has 2 rings (SSSR count). The van der Waals surface area contributed by atoms with Gasteiger partial charge in [0, 0.05) is 30.0 Å². The maximum atomic E-state index is 13.7. The molecule has 0 spiro atoms. The molecule has 0 aromatic heterocycles. The van der Waals surface area contributed by atoms with Crippen molar-refractivity contribution in [1.82, 2.24) is 0 Å². The molecule has 2 nitrogen and oxygen atoms in total. The van der Waals surface area contributed by atoms with E-state index in [0.29, 0.717) is 24.3 Å². The maximum Gasteiger partial charge on any atom is 0.163 e. The number of ketones is 1. The number of benzene rings is 2. The highest BCUT2D eigenvalue weighted by Crippen LogP contribution is 2.61. The maximum absolute atomic E-state index is 13.7. The topological polar surface area (TPSA) is 34.1 Å². The molecule has 0 radical (unpaired) electrons. The summed E-state index contributed by atoms with van der Waals surface area (Å²) in [6.07, 6.45) is 3.52. The molecular weight excluding hydrogens is 315 g/mol. The Bertz CT molecular complexity index is 669. The summed E-state index contributed by atoms with van der Waals surface area (Å²) < 4.78 is 13.7. The summed E-state index contributed by atoms with van der Waals surface area (Å²) in [6, 6.07) is 19.3. The zero-order chi connectivity index (χ0) is 17.4. The van der Waals surface area contributed by atoms with Crippen LogP contribution in [0.25, 0.3) is 0 Å². The minimum atomic E-state index is -2.45.